The number of allylic oxidation sites excluding steroid dienone is 2. The van der Waals surface area contributed by atoms with Gasteiger partial charge < -0.3 is 5.11 Å². The van der Waals surface area contributed by atoms with Gasteiger partial charge in [-0.2, -0.15) is 0 Å². The number of fused-ring (bicyclic) bond motifs is 1. The van der Waals surface area contributed by atoms with Gasteiger partial charge in [-0.15, -0.1) is 0 Å². The number of hydrogen-bond acceptors (Lipinski definition) is 2. The van der Waals surface area contributed by atoms with Crippen LogP contribution in [0.4, 0.5) is 0 Å². The number of aliphatic carboxylic acids is 1. The molecule has 0 spiro atoms. The number of Topliss-reactive ketones (excluding diaryl/α,β-unsaturated/α-hetero) is 1. The molecule has 3 heteroatoms. The minimum absolute atomic E-state index is 0.00852. The van der Waals surface area contributed by atoms with Crippen LogP contribution in [0.1, 0.15) is 39.5 Å². The van der Waals surface area contributed by atoms with Gasteiger partial charge in [0.2, 0.25) is 0 Å². The van der Waals surface area contributed by atoms with Crippen molar-refractivity contribution in [2.75, 3.05) is 0 Å². The lowest BCUT2D eigenvalue weighted by Gasteiger charge is -2.18. The van der Waals surface area contributed by atoms with Crippen LogP contribution in [-0.4, -0.2) is 16.9 Å². The van der Waals surface area contributed by atoms with Crippen LogP contribution in [0.3, 0.4) is 0 Å². The molecular formula is C15H20O3. The molecule has 2 rings (SSSR count). The van der Waals surface area contributed by atoms with Crippen molar-refractivity contribution in [3.8, 4) is 0 Å². The van der Waals surface area contributed by atoms with Gasteiger partial charge in [-0.25, -0.2) is 4.79 Å². The van der Waals surface area contributed by atoms with Crippen molar-refractivity contribution in [2.45, 2.75) is 39.5 Å². The van der Waals surface area contributed by atoms with E-state index in [1.54, 1.807) is 0 Å². The maximum absolute atomic E-state index is 11.8. The topological polar surface area (TPSA) is 54.4 Å². The second-order valence-electron chi connectivity index (χ2n) is 5.67. The number of carbonyl (C=O) groups is 2. The predicted octanol–water partition coefficient (Wildman–Crippen LogP) is 2.97. The SMILES string of the molecule is C=C(C(=O)O)[C@@H]1CC[C@@H](C)[C@@H]2CC(=O)C(C)=C2C1. The lowest BCUT2D eigenvalue weighted by molar-refractivity contribution is -0.133. The number of carboxylic acid groups (broad SMARTS) is 1. The number of rotatable bonds is 2. The second-order valence-corrected chi connectivity index (χ2v) is 5.67. The van der Waals surface area contributed by atoms with Gasteiger partial charge in [-0.3, -0.25) is 4.79 Å². The molecule has 1 saturated carbocycles. The lowest BCUT2D eigenvalue weighted by atomic mass is 9.86. The van der Waals surface area contributed by atoms with Crippen LogP contribution in [0.15, 0.2) is 23.3 Å². The first kappa shape index (κ1) is 13.1. The van der Waals surface area contributed by atoms with Crippen LogP contribution >= 0.6 is 0 Å². The summed E-state index contributed by atoms with van der Waals surface area (Å²) in [7, 11) is 0. The van der Waals surface area contributed by atoms with Gasteiger partial charge in [0.25, 0.3) is 0 Å². The van der Waals surface area contributed by atoms with Gasteiger partial charge in [0.15, 0.2) is 5.78 Å². The van der Waals surface area contributed by atoms with Crippen LogP contribution in [-0.2, 0) is 9.59 Å². The Balaban J connectivity index is 2.29. The first-order valence-electron chi connectivity index (χ1n) is 6.56. The van der Waals surface area contributed by atoms with Crippen molar-refractivity contribution in [1.82, 2.24) is 0 Å². The maximum atomic E-state index is 11.8. The standard InChI is InChI=1S/C15H20O3/c1-8-4-5-11(9(2)15(17)18)6-13-10(3)14(16)7-12(8)13/h8,11-12H,2,4-7H2,1,3H3,(H,17,18)/t8-,11-,12+/m1/s1. The van der Waals surface area contributed by atoms with E-state index >= 15 is 0 Å². The first-order valence-corrected chi connectivity index (χ1v) is 6.56. The summed E-state index contributed by atoms with van der Waals surface area (Å²) in [6, 6.07) is 0. The second kappa shape index (κ2) is 4.71. The number of hydrogen-bond donors (Lipinski definition) is 1. The molecule has 98 valence electrons. The summed E-state index contributed by atoms with van der Waals surface area (Å²) in [6.07, 6.45) is 3.17. The van der Waals surface area contributed by atoms with E-state index in [1.807, 2.05) is 6.92 Å². The van der Waals surface area contributed by atoms with Gasteiger partial charge in [0.05, 0.1) is 0 Å². The Morgan fingerprint density at radius 2 is 2.00 bits per heavy atom. The van der Waals surface area contributed by atoms with Gasteiger partial charge in [-0.1, -0.05) is 19.1 Å². The van der Waals surface area contributed by atoms with E-state index in [1.165, 1.54) is 5.57 Å². The molecule has 0 radical (unpaired) electrons. The van der Waals surface area contributed by atoms with Crippen LogP contribution in [0.2, 0.25) is 0 Å². The fraction of sp³-hybridized carbons (Fsp3) is 0.600. The molecule has 2 aliphatic carbocycles. The molecule has 3 nitrogen and oxygen atoms in total. The van der Waals surface area contributed by atoms with E-state index in [0.29, 0.717) is 30.3 Å². The molecule has 0 aromatic carbocycles. The number of carboxylic acids is 1. The highest BCUT2D eigenvalue weighted by Gasteiger charge is 2.37. The molecule has 2 aliphatic rings. The van der Waals surface area contributed by atoms with Crippen molar-refractivity contribution in [3.05, 3.63) is 23.3 Å². The van der Waals surface area contributed by atoms with E-state index in [2.05, 4.69) is 13.5 Å². The van der Waals surface area contributed by atoms with E-state index < -0.39 is 5.97 Å². The average molecular weight is 248 g/mol. The zero-order valence-electron chi connectivity index (χ0n) is 11.0. The number of carbonyl (C=O) groups excluding carboxylic acids is 1. The monoisotopic (exact) mass is 248 g/mol. The molecule has 1 N–H and O–H groups in total. The van der Waals surface area contributed by atoms with Crippen molar-refractivity contribution in [1.29, 1.82) is 0 Å². The zero-order chi connectivity index (χ0) is 13.4. The Morgan fingerprint density at radius 1 is 1.33 bits per heavy atom. The summed E-state index contributed by atoms with van der Waals surface area (Å²) in [5, 5.41) is 9.07. The van der Waals surface area contributed by atoms with Gasteiger partial charge in [0, 0.05) is 12.0 Å². The zero-order valence-corrected chi connectivity index (χ0v) is 11.0. The van der Waals surface area contributed by atoms with E-state index in [-0.39, 0.29) is 11.7 Å². The van der Waals surface area contributed by atoms with Crippen LogP contribution < -0.4 is 0 Å². The Labute approximate surface area is 108 Å². The van der Waals surface area contributed by atoms with Crippen molar-refractivity contribution in [2.24, 2.45) is 17.8 Å². The summed E-state index contributed by atoms with van der Waals surface area (Å²) in [5.41, 5.74) is 2.36. The highest BCUT2D eigenvalue weighted by Crippen LogP contribution is 2.45. The summed E-state index contributed by atoms with van der Waals surface area (Å²) >= 11 is 0. The molecule has 3 atom stereocenters. The minimum atomic E-state index is -0.909. The molecule has 0 aliphatic heterocycles. The van der Waals surface area contributed by atoms with E-state index in [4.69, 9.17) is 5.11 Å². The Bertz CT molecular complexity index is 445. The van der Waals surface area contributed by atoms with Crippen molar-refractivity contribution in [3.63, 3.8) is 0 Å². The summed E-state index contributed by atoms with van der Waals surface area (Å²) in [5.74, 6) is 0.125. The third-order valence-corrected chi connectivity index (χ3v) is 4.64. The molecule has 0 aromatic heterocycles. The summed E-state index contributed by atoms with van der Waals surface area (Å²) in [4.78, 5) is 22.9. The lowest BCUT2D eigenvalue weighted by Crippen LogP contribution is -2.12. The molecule has 0 saturated heterocycles. The Morgan fingerprint density at radius 3 is 2.61 bits per heavy atom. The van der Waals surface area contributed by atoms with Gasteiger partial charge in [-0.05, 0) is 49.5 Å². The smallest absolute Gasteiger partial charge is 0.331 e. The summed E-state index contributed by atoms with van der Waals surface area (Å²) < 4.78 is 0. The molecule has 0 amide bonds. The Hall–Kier alpha value is -1.38. The number of ketones is 1. The maximum Gasteiger partial charge on any atom is 0.331 e. The highest BCUT2D eigenvalue weighted by molar-refractivity contribution is 5.98. The normalized spacial score (nSPS) is 32.1. The van der Waals surface area contributed by atoms with Crippen molar-refractivity contribution >= 4 is 11.8 Å². The predicted molar refractivity (Wildman–Crippen MR) is 69.1 cm³/mol. The Kier molecular flexibility index (Phi) is 3.42. The fourth-order valence-corrected chi connectivity index (χ4v) is 3.29. The molecule has 0 aromatic rings. The van der Waals surface area contributed by atoms with Crippen LogP contribution in [0, 0.1) is 17.8 Å². The van der Waals surface area contributed by atoms with Crippen molar-refractivity contribution < 1.29 is 14.7 Å². The van der Waals surface area contributed by atoms with E-state index in [9.17, 15) is 9.59 Å². The summed E-state index contributed by atoms with van der Waals surface area (Å²) in [6.45, 7) is 7.75. The van der Waals surface area contributed by atoms with Gasteiger partial charge in [0.1, 0.15) is 0 Å². The molecule has 0 bridgehead atoms. The first-order chi connectivity index (χ1) is 8.41. The molecule has 0 unspecified atom stereocenters. The largest absolute Gasteiger partial charge is 0.478 e. The molecule has 0 heterocycles. The minimum Gasteiger partial charge on any atom is -0.478 e. The average Bonchev–Trinajstić information content (AvgIpc) is 2.50. The molecule has 18 heavy (non-hydrogen) atoms. The van der Waals surface area contributed by atoms with Gasteiger partial charge >= 0.3 is 5.97 Å². The van der Waals surface area contributed by atoms with Crippen LogP contribution in [0.25, 0.3) is 0 Å². The third kappa shape index (κ3) is 2.14. The highest BCUT2D eigenvalue weighted by atomic mass is 16.4. The third-order valence-electron chi connectivity index (χ3n) is 4.64. The molecule has 1 fully saturated rings. The molecular weight excluding hydrogens is 228 g/mol. The van der Waals surface area contributed by atoms with E-state index in [0.717, 1.165) is 18.4 Å². The quantitative estimate of drug-likeness (QED) is 0.764. The fourth-order valence-electron chi connectivity index (χ4n) is 3.29. The van der Waals surface area contributed by atoms with Crippen LogP contribution in [0.5, 0.6) is 0 Å².